The van der Waals surface area contributed by atoms with Gasteiger partial charge in [0.1, 0.15) is 5.76 Å². The molecule has 0 saturated heterocycles. The molecule has 32 heavy (non-hydrogen) atoms. The molecule has 0 N–H and O–H groups in total. The minimum absolute atomic E-state index is 0.0718. The van der Waals surface area contributed by atoms with Crippen molar-refractivity contribution in [2.75, 3.05) is 4.90 Å². The van der Waals surface area contributed by atoms with Crippen LogP contribution in [0.2, 0.25) is 5.02 Å². The van der Waals surface area contributed by atoms with Crippen molar-refractivity contribution >= 4 is 46.3 Å². The van der Waals surface area contributed by atoms with E-state index in [1.54, 1.807) is 53.9 Å². The van der Waals surface area contributed by atoms with Gasteiger partial charge in [-0.2, -0.15) is 0 Å². The summed E-state index contributed by atoms with van der Waals surface area (Å²) in [5.41, 5.74) is 2.38. The average molecular weight is 463 g/mol. The Bertz CT molecular complexity index is 1400. The van der Waals surface area contributed by atoms with Crippen LogP contribution in [0.1, 0.15) is 16.1 Å². The minimum atomic E-state index is -0.456. The number of carbonyl (C=O) groups excluding carboxylic acids is 1. The van der Waals surface area contributed by atoms with Crippen LogP contribution in [0.4, 0.5) is 17.1 Å². The summed E-state index contributed by atoms with van der Waals surface area (Å²) in [4.78, 5) is 28.0. The van der Waals surface area contributed by atoms with Gasteiger partial charge < -0.3 is 4.42 Å². The summed E-state index contributed by atoms with van der Waals surface area (Å²) < 4.78 is 5.84. The number of rotatable bonds is 3. The third kappa shape index (κ3) is 3.45. The molecule has 0 atom stereocenters. The molecule has 5 rings (SSSR count). The number of carbonyl (C=O) groups is 1. The second-order valence-corrected chi connectivity index (χ2v) is 8.78. The Hall–Kier alpha value is -3.55. The molecular weight excluding hydrogens is 448 g/mol. The number of fused-ring (bicyclic) bond motifs is 2. The lowest BCUT2D eigenvalue weighted by Crippen LogP contribution is -2.28. The van der Waals surface area contributed by atoms with Gasteiger partial charge in [0.15, 0.2) is 5.76 Å². The number of hydrogen-bond donors (Lipinski definition) is 0. The first-order valence-corrected chi connectivity index (χ1v) is 10.9. The minimum Gasteiger partial charge on any atom is -0.451 e. The number of nitro groups is 1. The number of hydrogen-bond acceptors (Lipinski definition) is 5. The summed E-state index contributed by atoms with van der Waals surface area (Å²) >= 11 is 7.79. The van der Waals surface area contributed by atoms with E-state index < -0.39 is 4.92 Å². The highest BCUT2D eigenvalue weighted by atomic mass is 35.5. The molecule has 0 radical (unpaired) electrons. The predicted molar refractivity (Wildman–Crippen MR) is 124 cm³/mol. The first-order chi connectivity index (χ1) is 15.4. The smallest absolute Gasteiger partial charge is 0.298 e. The molecule has 1 amide bonds. The summed E-state index contributed by atoms with van der Waals surface area (Å²) in [6.07, 6.45) is 0. The van der Waals surface area contributed by atoms with Crippen LogP contribution in [-0.2, 0) is 0 Å². The van der Waals surface area contributed by atoms with Crippen LogP contribution in [0.25, 0.3) is 11.3 Å². The van der Waals surface area contributed by atoms with Gasteiger partial charge in [0, 0.05) is 20.9 Å². The number of amides is 1. The number of aryl methyl sites for hydroxylation is 1. The monoisotopic (exact) mass is 462 g/mol. The summed E-state index contributed by atoms with van der Waals surface area (Å²) in [5, 5.41) is 12.0. The Morgan fingerprint density at radius 1 is 1.00 bits per heavy atom. The van der Waals surface area contributed by atoms with Gasteiger partial charge in [-0.1, -0.05) is 41.6 Å². The average Bonchev–Trinajstić information content (AvgIpc) is 3.27. The Kier molecular flexibility index (Phi) is 5.00. The van der Waals surface area contributed by atoms with Gasteiger partial charge in [0.2, 0.25) is 0 Å². The quantitative estimate of drug-likeness (QED) is 0.236. The molecule has 0 unspecified atom stereocenters. The van der Waals surface area contributed by atoms with Gasteiger partial charge in [-0.25, -0.2) is 0 Å². The number of furan rings is 1. The van der Waals surface area contributed by atoms with E-state index in [-0.39, 0.29) is 23.1 Å². The zero-order valence-electron chi connectivity index (χ0n) is 16.7. The fourth-order valence-electron chi connectivity index (χ4n) is 3.66. The molecule has 1 aromatic heterocycles. The maximum Gasteiger partial charge on any atom is 0.298 e. The van der Waals surface area contributed by atoms with Crippen molar-refractivity contribution in [3.63, 3.8) is 0 Å². The van der Waals surface area contributed by atoms with Crippen LogP contribution >= 0.6 is 23.4 Å². The van der Waals surface area contributed by atoms with Crippen LogP contribution in [0.3, 0.4) is 0 Å². The number of nitro benzene ring substituents is 1. The lowest BCUT2D eigenvalue weighted by atomic mass is 10.1. The molecule has 0 fully saturated rings. The van der Waals surface area contributed by atoms with Crippen molar-refractivity contribution in [3.8, 4) is 11.3 Å². The predicted octanol–water partition coefficient (Wildman–Crippen LogP) is 7.26. The largest absolute Gasteiger partial charge is 0.451 e. The Morgan fingerprint density at radius 3 is 2.59 bits per heavy atom. The van der Waals surface area contributed by atoms with E-state index in [1.165, 1.54) is 12.1 Å². The number of halogens is 1. The molecule has 158 valence electrons. The molecule has 0 aliphatic carbocycles. The van der Waals surface area contributed by atoms with E-state index in [0.29, 0.717) is 16.3 Å². The van der Waals surface area contributed by atoms with Gasteiger partial charge in [-0.3, -0.25) is 19.8 Å². The van der Waals surface area contributed by atoms with Gasteiger partial charge in [0.05, 0.1) is 21.9 Å². The van der Waals surface area contributed by atoms with Crippen molar-refractivity contribution in [1.29, 1.82) is 0 Å². The van der Waals surface area contributed by atoms with E-state index in [9.17, 15) is 14.9 Å². The first kappa shape index (κ1) is 20.4. The second-order valence-electron chi connectivity index (χ2n) is 7.26. The van der Waals surface area contributed by atoms with Crippen LogP contribution < -0.4 is 4.90 Å². The van der Waals surface area contributed by atoms with Crippen molar-refractivity contribution in [2.45, 2.75) is 16.7 Å². The normalized spacial score (nSPS) is 12.2. The molecule has 1 aliphatic heterocycles. The van der Waals surface area contributed by atoms with Crippen molar-refractivity contribution in [1.82, 2.24) is 0 Å². The highest BCUT2D eigenvalue weighted by molar-refractivity contribution is 7.99. The molecule has 8 heteroatoms. The maximum atomic E-state index is 13.6. The molecule has 0 saturated carbocycles. The summed E-state index contributed by atoms with van der Waals surface area (Å²) in [6.45, 7) is 1.78. The Labute approximate surface area is 192 Å². The summed E-state index contributed by atoms with van der Waals surface area (Å²) in [6, 6.07) is 21.0. The topological polar surface area (TPSA) is 76.6 Å². The lowest BCUT2D eigenvalue weighted by Gasteiger charge is -2.30. The number of anilines is 2. The van der Waals surface area contributed by atoms with Gasteiger partial charge in [0.25, 0.3) is 11.6 Å². The van der Waals surface area contributed by atoms with Crippen LogP contribution in [-0.4, -0.2) is 10.8 Å². The van der Waals surface area contributed by atoms with E-state index >= 15 is 0 Å². The highest BCUT2D eigenvalue weighted by Gasteiger charge is 2.31. The number of para-hydroxylation sites is 1. The summed E-state index contributed by atoms with van der Waals surface area (Å²) in [7, 11) is 0. The highest BCUT2D eigenvalue weighted by Crippen LogP contribution is 2.49. The molecule has 0 bridgehead atoms. The molecule has 1 aliphatic rings. The molecule has 2 heterocycles. The fourth-order valence-corrected chi connectivity index (χ4v) is 4.86. The number of nitrogens with zero attached hydrogens (tertiary/aromatic N) is 2. The molecule has 3 aromatic carbocycles. The maximum absolute atomic E-state index is 13.6. The number of benzene rings is 3. The zero-order chi connectivity index (χ0) is 22.4. The Morgan fingerprint density at radius 2 is 1.78 bits per heavy atom. The van der Waals surface area contributed by atoms with Gasteiger partial charge in [-0.15, -0.1) is 0 Å². The summed E-state index contributed by atoms with van der Waals surface area (Å²) in [5.74, 6) is -0.0594. The van der Waals surface area contributed by atoms with Crippen LogP contribution in [0, 0.1) is 17.0 Å². The molecule has 6 nitrogen and oxygen atoms in total. The van der Waals surface area contributed by atoms with E-state index in [0.717, 1.165) is 21.0 Å². The van der Waals surface area contributed by atoms with Crippen molar-refractivity contribution in [2.24, 2.45) is 0 Å². The molecule has 0 spiro atoms. The standard InChI is InChI=1S/C24H15ClN2O4S/c1-14-6-8-16(18(12-14)27(29)30)20-9-10-21(31-20)24(28)26-17-4-2-3-5-22(17)32-23-11-7-15(25)13-19(23)26/h2-13H,1H3. The molecular formula is C24H15ClN2O4S. The third-order valence-electron chi connectivity index (χ3n) is 5.12. The van der Waals surface area contributed by atoms with E-state index in [2.05, 4.69) is 0 Å². The van der Waals surface area contributed by atoms with Crippen LogP contribution in [0.5, 0.6) is 0 Å². The fraction of sp³-hybridized carbons (Fsp3) is 0.0417. The van der Waals surface area contributed by atoms with Crippen molar-refractivity contribution < 1.29 is 14.1 Å². The van der Waals surface area contributed by atoms with E-state index in [4.69, 9.17) is 16.0 Å². The van der Waals surface area contributed by atoms with Gasteiger partial charge in [-0.05, 0) is 61.0 Å². The van der Waals surface area contributed by atoms with Gasteiger partial charge >= 0.3 is 0 Å². The SMILES string of the molecule is Cc1ccc(-c2ccc(C(=O)N3c4ccccc4Sc4ccc(Cl)cc43)o2)c([N+](=O)[O-])c1. The second kappa shape index (κ2) is 7.85. The molecule has 4 aromatic rings. The first-order valence-electron chi connectivity index (χ1n) is 9.68. The zero-order valence-corrected chi connectivity index (χ0v) is 18.3. The lowest BCUT2D eigenvalue weighted by molar-refractivity contribution is -0.384. The van der Waals surface area contributed by atoms with Crippen LogP contribution in [0.15, 0.2) is 87.0 Å². The third-order valence-corrected chi connectivity index (χ3v) is 6.49. The van der Waals surface area contributed by atoms with E-state index in [1.807, 2.05) is 30.3 Å². The Balaban J connectivity index is 1.60. The van der Waals surface area contributed by atoms with Crippen molar-refractivity contribution in [3.05, 3.63) is 99.3 Å².